The smallest absolute Gasteiger partial charge is 0.322 e. The van der Waals surface area contributed by atoms with Crippen molar-refractivity contribution in [2.24, 2.45) is 7.05 Å². The van der Waals surface area contributed by atoms with Crippen LogP contribution < -0.4 is 5.32 Å². The maximum atomic E-state index is 12.7. The van der Waals surface area contributed by atoms with Crippen LogP contribution in [0.15, 0.2) is 40.9 Å². The Morgan fingerprint density at radius 3 is 3.04 bits per heavy atom. The highest BCUT2D eigenvalue weighted by Crippen LogP contribution is 2.32. The van der Waals surface area contributed by atoms with Crippen molar-refractivity contribution in [2.45, 2.75) is 25.8 Å². The highest BCUT2D eigenvalue weighted by Gasteiger charge is 2.31. The Hall–Kier alpha value is -2.76. The Balaban J connectivity index is 1.55. The molecule has 0 bridgehead atoms. The molecule has 3 heterocycles. The fraction of sp³-hybridized carbons (Fsp3) is 0.333. The number of amides is 2. The minimum atomic E-state index is -0.0747. The standard InChI is InChI=1S/C18H20N4O2/c1-12-19-14-8-7-13(11-17(14)24-12)20-18(23)22-10-4-6-16(22)15-5-3-9-21(15)2/h3,5,7-9,11,16H,4,6,10H2,1-2H3,(H,20,23). The van der Waals surface area contributed by atoms with Gasteiger partial charge in [0.2, 0.25) is 0 Å². The summed E-state index contributed by atoms with van der Waals surface area (Å²) in [6.07, 6.45) is 4.03. The lowest BCUT2D eigenvalue weighted by atomic mass is 10.1. The zero-order valence-electron chi connectivity index (χ0n) is 13.8. The Morgan fingerprint density at radius 2 is 2.25 bits per heavy atom. The Morgan fingerprint density at radius 1 is 1.38 bits per heavy atom. The molecule has 6 nitrogen and oxygen atoms in total. The van der Waals surface area contributed by atoms with Crippen LogP contribution in [0.25, 0.3) is 11.1 Å². The fourth-order valence-corrected chi connectivity index (χ4v) is 3.45. The number of carbonyl (C=O) groups excluding carboxylic acids is 1. The Bertz CT molecular complexity index is 895. The van der Waals surface area contributed by atoms with Gasteiger partial charge < -0.3 is 19.2 Å². The third-order valence-electron chi connectivity index (χ3n) is 4.59. The van der Waals surface area contributed by atoms with Gasteiger partial charge in [0.1, 0.15) is 5.52 Å². The Kier molecular flexibility index (Phi) is 3.52. The van der Waals surface area contributed by atoms with Crippen LogP contribution in [0, 0.1) is 6.92 Å². The van der Waals surface area contributed by atoms with Gasteiger partial charge in [-0.15, -0.1) is 0 Å². The van der Waals surface area contributed by atoms with Gasteiger partial charge in [0.05, 0.1) is 6.04 Å². The molecule has 1 atom stereocenters. The van der Waals surface area contributed by atoms with Gasteiger partial charge in [0.25, 0.3) is 0 Å². The lowest BCUT2D eigenvalue weighted by Gasteiger charge is -2.25. The first-order valence-corrected chi connectivity index (χ1v) is 8.18. The van der Waals surface area contributed by atoms with E-state index >= 15 is 0 Å². The molecule has 0 saturated carbocycles. The van der Waals surface area contributed by atoms with Gasteiger partial charge in [-0.05, 0) is 37.1 Å². The molecule has 1 unspecified atom stereocenters. The summed E-state index contributed by atoms with van der Waals surface area (Å²) >= 11 is 0. The van der Waals surface area contributed by atoms with Crippen molar-refractivity contribution < 1.29 is 9.21 Å². The van der Waals surface area contributed by atoms with E-state index in [0.717, 1.165) is 30.6 Å². The van der Waals surface area contributed by atoms with E-state index in [1.165, 1.54) is 5.69 Å². The van der Waals surface area contributed by atoms with Gasteiger partial charge in [0.15, 0.2) is 11.5 Å². The van der Waals surface area contributed by atoms with Gasteiger partial charge >= 0.3 is 6.03 Å². The number of aryl methyl sites for hydroxylation is 2. The summed E-state index contributed by atoms with van der Waals surface area (Å²) in [7, 11) is 2.02. The summed E-state index contributed by atoms with van der Waals surface area (Å²) in [4.78, 5) is 18.9. The van der Waals surface area contributed by atoms with Gasteiger partial charge in [-0.3, -0.25) is 0 Å². The first-order chi connectivity index (χ1) is 11.6. The zero-order valence-corrected chi connectivity index (χ0v) is 13.8. The SMILES string of the molecule is Cc1nc2ccc(NC(=O)N3CCCC3c3cccn3C)cc2o1. The summed E-state index contributed by atoms with van der Waals surface area (Å²) < 4.78 is 7.61. The predicted octanol–water partition coefficient (Wildman–Crippen LogP) is 3.84. The van der Waals surface area contributed by atoms with Crippen LogP contribution in [0.1, 0.15) is 30.5 Å². The summed E-state index contributed by atoms with van der Waals surface area (Å²) in [5.74, 6) is 0.622. The molecule has 2 amide bonds. The molecule has 1 N–H and O–H groups in total. The normalized spacial score (nSPS) is 17.6. The van der Waals surface area contributed by atoms with E-state index in [9.17, 15) is 4.79 Å². The lowest BCUT2D eigenvalue weighted by molar-refractivity contribution is 0.205. The number of hydrogen-bond donors (Lipinski definition) is 1. The maximum Gasteiger partial charge on any atom is 0.322 e. The molecule has 124 valence electrons. The van der Waals surface area contributed by atoms with Crippen LogP contribution in [0.2, 0.25) is 0 Å². The molecule has 1 fully saturated rings. The predicted molar refractivity (Wildman–Crippen MR) is 91.9 cm³/mol. The molecule has 24 heavy (non-hydrogen) atoms. The third kappa shape index (κ3) is 2.54. The molecule has 0 aliphatic carbocycles. The van der Waals surface area contributed by atoms with E-state index in [4.69, 9.17) is 4.42 Å². The average molecular weight is 324 g/mol. The molecule has 0 radical (unpaired) electrons. The molecule has 3 aromatic rings. The summed E-state index contributed by atoms with van der Waals surface area (Å²) in [5, 5.41) is 2.99. The molecule has 6 heteroatoms. The van der Waals surface area contributed by atoms with Crippen molar-refractivity contribution in [2.75, 3.05) is 11.9 Å². The van der Waals surface area contributed by atoms with Crippen molar-refractivity contribution in [1.29, 1.82) is 0 Å². The number of nitrogens with zero attached hydrogens (tertiary/aromatic N) is 3. The van der Waals surface area contributed by atoms with Gasteiger partial charge in [-0.25, -0.2) is 9.78 Å². The van der Waals surface area contributed by atoms with E-state index < -0.39 is 0 Å². The number of benzene rings is 1. The summed E-state index contributed by atoms with van der Waals surface area (Å²) in [6.45, 7) is 2.58. The molecular weight excluding hydrogens is 304 g/mol. The van der Waals surface area contributed by atoms with E-state index in [2.05, 4.69) is 20.9 Å². The second-order valence-electron chi connectivity index (χ2n) is 6.24. The number of rotatable bonds is 2. The number of likely N-dealkylation sites (tertiary alicyclic amines) is 1. The maximum absolute atomic E-state index is 12.7. The number of hydrogen-bond acceptors (Lipinski definition) is 3. The van der Waals surface area contributed by atoms with Gasteiger partial charge in [-0.1, -0.05) is 0 Å². The highest BCUT2D eigenvalue weighted by atomic mass is 16.3. The van der Waals surface area contributed by atoms with Crippen molar-refractivity contribution in [1.82, 2.24) is 14.5 Å². The number of anilines is 1. The number of nitrogens with one attached hydrogen (secondary N) is 1. The van der Waals surface area contributed by atoms with E-state index in [1.54, 1.807) is 0 Å². The van der Waals surface area contributed by atoms with Crippen molar-refractivity contribution in [3.8, 4) is 0 Å². The van der Waals surface area contributed by atoms with E-state index in [1.807, 2.05) is 49.3 Å². The first kappa shape index (κ1) is 14.8. The number of fused-ring (bicyclic) bond motifs is 1. The van der Waals surface area contributed by atoms with Crippen LogP contribution in [0.5, 0.6) is 0 Å². The molecule has 1 aromatic carbocycles. The number of oxazole rings is 1. The van der Waals surface area contributed by atoms with Crippen LogP contribution in [0.3, 0.4) is 0 Å². The van der Waals surface area contributed by atoms with Crippen molar-refractivity contribution in [3.05, 3.63) is 48.1 Å². The van der Waals surface area contributed by atoms with Crippen LogP contribution in [0.4, 0.5) is 10.5 Å². The zero-order chi connectivity index (χ0) is 16.7. The third-order valence-corrected chi connectivity index (χ3v) is 4.59. The molecule has 2 aromatic heterocycles. The molecule has 4 rings (SSSR count). The Labute approximate surface area is 140 Å². The number of urea groups is 1. The van der Waals surface area contributed by atoms with Crippen LogP contribution >= 0.6 is 0 Å². The first-order valence-electron chi connectivity index (χ1n) is 8.18. The number of aromatic nitrogens is 2. The quantitative estimate of drug-likeness (QED) is 0.779. The van der Waals surface area contributed by atoms with Crippen molar-refractivity contribution in [3.63, 3.8) is 0 Å². The molecule has 0 spiro atoms. The second kappa shape index (κ2) is 5.70. The minimum Gasteiger partial charge on any atom is -0.441 e. The molecule has 1 aliphatic rings. The molecular formula is C18H20N4O2. The summed E-state index contributed by atoms with van der Waals surface area (Å²) in [6, 6.07) is 9.69. The van der Waals surface area contributed by atoms with Crippen LogP contribution in [-0.4, -0.2) is 27.0 Å². The highest BCUT2D eigenvalue weighted by molar-refractivity contribution is 5.92. The molecule has 1 saturated heterocycles. The lowest BCUT2D eigenvalue weighted by Crippen LogP contribution is -2.35. The van der Waals surface area contributed by atoms with E-state index in [-0.39, 0.29) is 12.1 Å². The fourth-order valence-electron chi connectivity index (χ4n) is 3.45. The van der Waals surface area contributed by atoms with Crippen LogP contribution in [-0.2, 0) is 7.05 Å². The largest absolute Gasteiger partial charge is 0.441 e. The average Bonchev–Trinajstić information content (AvgIpc) is 3.24. The summed E-state index contributed by atoms with van der Waals surface area (Å²) in [5.41, 5.74) is 3.38. The topological polar surface area (TPSA) is 63.3 Å². The van der Waals surface area contributed by atoms with E-state index in [0.29, 0.717) is 11.5 Å². The molecule has 1 aliphatic heterocycles. The number of carbonyl (C=O) groups is 1. The monoisotopic (exact) mass is 324 g/mol. The van der Waals surface area contributed by atoms with Gasteiger partial charge in [-0.2, -0.15) is 0 Å². The minimum absolute atomic E-state index is 0.0747. The van der Waals surface area contributed by atoms with Crippen molar-refractivity contribution >= 4 is 22.8 Å². The second-order valence-corrected chi connectivity index (χ2v) is 6.24. The van der Waals surface area contributed by atoms with Gasteiger partial charge in [0, 0.05) is 44.2 Å².